The number of aliphatic imine (C=N–C) groups is 1. The van der Waals surface area contributed by atoms with Gasteiger partial charge in [-0.3, -0.25) is 0 Å². The molecule has 0 unspecified atom stereocenters. The quantitative estimate of drug-likeness (QED) is 0.438. The molecule has 0 aliphatic carbocycles. The summed E-state index contributed by atoms with van der Waals surface area (Å²) >= 11 is 13.6. The number of thioether (sulfide) groups is 1. The van der Waals surface area contributed by atoms with Gasteiger partial charge in [0.2, 0.25) is 6.08 Å². The van der Waals surface area contributed by atoms with Gasteiger partial charge >= 0.3 is 0 Å². The van der Waals surface area contributed by atoms with E-state index in [9.17, 15) is 4.79 Å². The minimum absolute atomic E-state index is 0.601. The van der Waals surface area contributed by atoms with Gasteiger partial charge in [0.15, 0.2) is 0 Å². The summed E-state index contributed by atoms with van der Waals surface area (Å²) in [5, 5.41) is 1.30. The third kappa shape index (κ3) is 4.12. The highest BCUT2D eigenvalue weighted by Crippen LogP contribution is 2.29. The van der Waals surface area contributed by atoms with Crippen molar-refractivity contribution in [2.75, 3.05) is 0 Å². The maximum atomic E-state index is 10.1. The van der Waals surface area contributed by atoms with Crippen molar-refractivity contribution in [2.24, 2.45) is 4.99 Å². The molecule has 96 valence electrons. The van der Waals surface area contributed by atoms with Gasteiger partial charge in [0.05, 0.1) is 5.69 Å². The van der Waals surface area contributed by atoms with Crippen LogP contribution in [0.25, 0.3) is 0 Å². The molecular formula is C14H9Cl2NOS. The van der Waals surface area contributed by atoms with Crippen molar-refractivity contribution >= 4 is 46.7 Å². The van der Waals surface area contributed by atoms with E-state index in [2.05, 4.69) is 4.99 Å². The molecule has 2 rings (SSSR count). The fraction of sp³-hybridized carbons (Fsp3) is 0.0714. The molecule has 2 aromatic carbocycles. The van der Waals surface area contributed by atoms with Crippen LogP contribution in [-0.4, -0.2) is 6.08 Å². The lowest BCUT2D eigenvalue weighted by Crippen LogP contribution is -1.82. The smallest absolute Gasteiger partial charge is 0.211 e. The Morgan fingerprint density at radius 2 is 1.84 bits per heavy atom. The fourth-order valence-electron chi connectivity index (χ4n) is 1.47. The maximum Gasteiger partial charge on any atom is 0.240 e. The first kappa shape index (κ1) is 14.2. The first-order chi connectivity index (χ1) is 9.19. The van der Waals surface area contributed by atoms with Gasteiger partial charge in [-0.2, -0.15) is 4.99 Å². The Morgan fingerprint density at radius 1 is 1.11 bits per heavy atom. The van der Waals surface area contributed by atoms with E-state index in [4.69, 9.17) is 23.2 Å². The molecule has 0 saturated heterocycles. The van der Waals surface area contributed by atoms with Crippen LogP contribution in [-0.2, 0) is 10.5 Å². The van der Waals surface area contributed by atoms with Crippen molar-refractivity contribution in [1.82, 2.24) is 0 Å². The van der Waals surface area contributed by atoms with Crippen molar-refractivity contribution in [3.8, 4) is 0 Å². The van der Waals surface area contributed by atoms with E-state index in [1.54, 1.807) is 30.0 Å². The van der Waals surface area contributed by atoms with Crippen molar-refractivity contribution < 1.29 is 4.79 Å². The topological polar surface area (TPSA) is 29.4 Å². The van der Waals surface area contributed by atoms with Gasteiger partial charge in [-0.05, 0) is 42.0 Å². The van der Waals surface area contributed by atoms with Crippen LogP contribution in [0.2, 0.25) is 10.0 Å². The van der Waals surface area contributed by atoms with Crippen LogP contribution >= 0.6 is 35.0 Å². The molecule has 0 heterocycles. The lowest BCUT2D eigenvalue weighted by Gasteiger charge is -2.05. The largest absolute Gasteiger partial charge is 0.240 e. The van der Waals surface area contributed by atoms with Crippen LogP contribution in [0.15, 0.2) is 52.4 Å². The predicted molar refractivity (Wildman–Crippen MR) is 80.2 cm³/mol. The van der Waals surface area contributed by atoms with Gasteiger partial charge in [-0.1, -0.05) is 29.3 Å². The van der Waals surface area contributed by atoms with Crippen LogP contribution in [0.4, 0.5) is 5.69 Å². The molecule has 0 aliphatic rings. The summed E-state index contributed by atoms with van der Waals surface area (Å²) in [6.07, 6.45) is 1.51. The summed E-state index contributed by atoms with van der Waals surface area (Å²) in [6, 6.07) is 12.8. The Labute approximate surface area is 125 Å². The van der Waals surface area contributed by atoms with Crippen molar-refractivity contribution in [3.05, 3.63) is 58.1 Å². The average molecular weight is 310 g/mol. The summed E-state index contributed by atoms with van der Waals surface area (Å²) in [4.78, 5) is 14.7. The number of hydrogen-bond donors (Lipinski definition) is 0. The number of isocyanates is 1. The average Bonchev–Trinajstić information content (AvgIpc) is 2.40. The van der Waals surface area contributed by atoms with Crippen molar-refractivity contribution in [2.45, 2.75) is 10.6 Å². The zero-order chi connectivity index (χ0) is 13.7. The van der Waals surface area contributed by atoms with Gasteiger partial charge < -0.3 is 0 Å². The number of rotatable bonds is 4. The van der Waals surface area contributed by atoms with Gasteiger partial charge in [-0.15, -0.1) is 11.8 Å². The second-order valence-electron chi connectivity index (χ2n) is 3.72. The molecule has 0 atom stereocenters. The molecule has 0 aromatic heterocycles. The molecule has 0 aliphatic heterocycles. The third-order valence-corrected chi connectivity index (χ3v) is 4.07. The number of hydrogen-bond acceptors (Lipinski definition) is 3. The summed E-state index contributed by atoms with van der Waals surface area (Å²) < 4.78 is 0. The standard InChI is InChI=1S/C14H9Cl2NOS/c15-11-2-1-10(14(16)7-11)8-19-13-5-3-12(4-6-13)17-9-18/h1-7H,8H2. The second kappa shape index (κ2) is 6.78. The van der Waals surface area contributed by atoms with E-state index < -0.39 is 0 Å². The van der Waals surface area contributed by atoms with Gasteiger partial charge in [0.1, 0.15) is 0 Å². The molecule has 0 radical (unpaired) electrons. The predicted octanol–water partition coefficient (Wildman–Crippen LogP) is 5.25. The molecule has 19 heavy (non-hydrogen) atoms. The summed E-state index contributed by atoms with van der Waals surface area (Å²) in [6.45, 7) is 0. The van der Waals surface area contributed by atoms with Crippen molar-refractivity contribution in [3.63, 3.8) is 0 Å². The second-order valence-corrected chi connectivity index (χ2v) is 5.61. The molecule has 0 amide bonds. The van der Waals surface area contributed by atoms with Crippen LogP contribution < -0.4 is 0 Å². The number of carbonyl (C=O) groups excluding carboxylic acids is 1. The Bertz CT molecular complexity index is 622. The highest BCUT2D eigenvalue weighted by atomic mass is 35.5. The highest BCUT2D eigenvalue weighted by molar-refractivity contribution is 7.98. The summed E-state index contributed by atoms with van der Waals surface area (Å²) in [5.41, 5.74) is 1.63. The van der Waals surface area contributed by atoms with E-state index in [0.29, 0.717) is 15.7 Å². The monoisotopic (exact) mass is 309 g/mol. The van der Waals surface area contributed by atoms with Crippen LogP contribution in [0.1, 0.15) is 5.56 Å². The zero-order valence-corrected chi connectivity index (χ0v) is 12.1. The van der Waals surface area contributed by atoms with E-state index in [0.717, 1.165) is 16.2 Å². The van der Waals surface area contributed by atoms with Gasteiger partial charge in [0, 0.05) is 20.7 Å². The van der Waals surface area contributed by atoms with Crippen molar-refractivity contribution in [1.29, 1.82) is 0 Å². The van der Waals surface area contributed by atoms with E-state index in [1.165, 1.54) is 6.08 Å². The van der Waals surface area contributed by atoms with Crippen LogP contribution in [0.5, 0.6) is 0 Å². The number of nitrogens with zero attached hydrogens (tertiary/aromatic N) is 1. The SMILES string of the molecule is O=C=Nc1ccc(SCc2ccc(Cl)cc2Cl)cc1. The Kier molecular flexibility index (Phi) is 5.06. The number of benzene rings is 2. The lowest BCUT2D eigenvalue weighted by atomic mass is 10.2. The number of halogens is 2. The molecule has 2 nitrogen and oxygen atoms in total. The summed E-state index contributed by atoms with van der Waals surface area (Å²) in [5.74, 6) is 0.756. The Morgan fingerprint density at radius 3 is 2.47 bits per heavy atom. The van der Waals surface area contributed by atoms with E-state index in [1.807, 2.05) is 24.3 Å². The van der Waals surface area contributed by atoms with Crippen LogP contribution in [0.3, 0.4) is 0 Å². The lowest BCUT2D eigenvalue weighted by molar-refractivity contribution is 0.565. The molecule has 0 N–H and O–H groups in total. The minimum Gasteiger partial charge on any atom is -0.211 e. The molecule has 0 bridgehead atoms. The van der Waals surface area contributed by atoms with Crippen LogP contribution in [0, 0.1) is 0 Å². The molecule has 5 heteroatoms. The first-order valence-corrected chi connectivity index (χ1v) is 7.18. The molecular weight excluding hydrogens is 301 g/mol. The van der Waals surface area contributed by atoms with E-state index >= 15 is 0 Å². The third-order valence-electron chi connectivity index (χ3n) is 2.42. The van der Waals surface area contributed by atoms with Gasteiger partial charge in [0.25, 0.3) is 0 Å². The molecule has 2 aromatic rings. The first-order valence-electron chi connectivity index (χ1n) is 5.44. The maximum absolute atomic E-state index is 10.1. The minimum atomic E-state index is 0.601. The summed E-state index contributed by atoms with van der Waals surface area (Å²) in [7, 11) is 0. The molecule has 0 saturated carbocycles. The highest BCUT2D eigenvalue weighted by Gasteiger charge is 2.02. The Balaban J connectivity index is 2.03. The zero-order valence-electron chi connectivity index (χ0n) is 9.77. The molecule has 0 spiro atoms. The van der Waals surface area contributed by atoms with E-state index in [-0.39, 0.29) is 0 Å². The van der Waals surface area contributed by atoms with Gasteiger partial charge in [-0.25, -0.2) is 4.79 Å². The normalized spacial score (nSPS) is 10.0. The Hall–Kier alpha value is -1.25. The molecule has 0 fully saturated rings. The fourth-order valence-corrected chi connectivity index (χ4v) is 2.93.